The fourth-order valence-corrected chi connectivity index (χ4v) is 5.82. The van der Waals surface area contributed by atoms with Gasteiger partial charge in [-0.05, 0) is 63.9 Å². The molecule has 14 nitrogen and oxygen atoms in total. The lowest BCUT2D eigenvalue weighted by Crippen LogP contribution is -2.48. The molecule has 2 atom stereocenters. The Morgan fingerprint density at radius 1 is 1.04 bits per heavy atom. The van der Waals surface area contributed by atoms with Crippen LogP contribution in [0.15, 0.2) is 64.1 Å². The number of sulfonamides is 1. The third kappa shape index (κ3) is 8.11. The Bertz CT molecular complexity index is 1810. The molecule has 0 radical (unpaired) electrons. The van der Waals surface area contributed by atoms with Crippen molar-refractivity contribution < 1.29 is 50.1 Å². The second-order valence-electron chi connectivity index (χ2n) is 11.2. The lowest BCUT2D eigenvalue weighted by molar-refractivity contribution is -0.141. The zero-order chi connectivity index (χ0) is 34.1. The normalized spacial score (nSPS) is 16.3. The highest BCUT2D eigenvalue weighted by Gasteiger charge is 2.36. The number of rotatable bonds is 10. The highest BCUT2D eigenvalue weighted by Crippen LogP contribution is 2.33. The van der Waals surface area contributed by atoms with Gasteiger partial charge < -0.3 is 14.3 Å². The summed E-state index contributed by atoms with van der Waals surface area (Å²) < 4.78 is 85.1. The number of benzene rings is 2. The van der Waals surface area contributed by atoms with Gasteiger partial charge in [0.2, 0.25) is 5.91 Å². The smallest absolute Gasteiger partial charge is 0.431 e. The molecule has 1 aliphatic rings. The van der Waals surface area contributed by atoms with Crippen molar-refractivity contribution in [3.63, 3.8) is 0 Å². The van der Waals surface area contributed by atoms with Crippen molar-refractivity contribution in [1.29, 1.82) is 0 Å². The van der Waals surface area contributed by atoms with Crippen molar-refractivity contribution >= 4 is 22.1 Å². The number of piperidine rings is 1. The van der Waals surface area contributed by atoms with Gasteiger partial charge in [0, 0.05) is 24.0 Å². The number of nitrogens with one attached hydrogen (secondary N) is 1. The summed E-state index contributed by atoms with van der Waals surface area (Å²) in [4.78, 5) is 30.9. The summed E-state index contributed by atoms with van der Waals surface area (Å²) in [5.41, 5.74) is 0.658. The lowest BCUT2D eigenvalue weighted by atomic mass is 9.99. The maximum absolute atomic E-state index is 13.6. The number of alkyl halides is 3. The Labute approximate surface area is 267 Å². The molecule has 0 bridgehead atoms. The molecule has 3 heterocycles. The number of halogens is 3. The zero-order valence-electron chi connectivity index (χ0n) is 25.8. The van der Waals surface area contributed by atoms with E-state index >= 15 is 0 Å². The van der Waals surface area contributed by atoms with Crippen LogP contribution < -0.4 is 14.6 Å². The van der Waals surface area contributed by atoms with Gasteiger partial charge in [0.15, 0.2) is 5.69 Å². The molecule has 47 heavy (non-hydrogen) atoms. The molecule has 0 aliphatic carbocycles. The van der Waals surface area contributed by atoms with Crippen molar-refractivity contribution in [2.45, 2.75) is 64.0 Å². The lowest BCUT2D eigenvalue weighted by Gasteiger charge is -2.28. The molecule has 4 aromatic rings. The predicted molar refractivity (Wildman–Crippen MR) is 158 cm³/mol. The van der Waals surface area contributed by atoms with Crippen LogP contribution in [0.25, 0.3) is 16.9 Å². The van der Waals surface area contributed by atoms with Gasteiger partial charge >= 0.3 is 12.3 Å². The first-order chi connectivity index (χ1) is 22.1. The van der Waals surface area contributed by atoms with Gasteiger partial charge in [0.05, 0.1) is 34.8 Å². The molecule has 1 aliphatic heterocycles. The molecule has 2 unspecified atom stereocenters. The number of ether oxygens (including phenoxy) is 2. The van der Waals surface area contributed by atoms with Gasteiger partial charge in [-0.1, -0.05) is 29.8 Å². The summed E-state index contributed by atoms with van der Waals surface area (Å²) in [6, 6.07) is 12.8. The molecule has 1 fully saturated rings. The van der Waals surface area contributed by atoms with Crippen LogP contribution >= 0.6 is 0 Å². The van der Waals surface area contributed by atoms with Crippen LogP contribution in [0.5, 0.6) is 0 Å². The Hall–Kier alpha value is -4.87. The molecule has 0 saturated carbocycles. The monoisotopic (exact) mass is 682 g/mol. The van der Waals surface area contributed by atoms with Gasteiger partial charge in [-0.15, -0.1) is 0 Å². The summed E-state index contributed by atoms with van der Waals surface area (Å²) in [5.74, 6) is -1.48. The summed E-state index contributed by atoms with van der Waals surface area (Å²) in [7, 11) is -4.33. The van der Waals surface area contributed by atoms with E-state index in [1.165, 1.54) is 36.2 Å². The average Bonchev–Trinajstić information content (AvgIpc) is 3.60. The maximum Gasteiger partial charge on any atom is 0.511 e. The van der Waals surface area contributed by atoms with E-state index in [2.05, 4.69) is 9.82 Å². The summed E-state index contributed by atoms with van der Waals surface area (Å²) in [6.07, 6.45) is -6.12. The standard InChI is InChI=1S/C29H33F3N6O8S/c1-18(2)43-28(40)44-20(4)45-38-37(46-38)35-15-5-6-22(17-35)27(39)34-47(41,42)24-13-11-23(12-14-24)36-25(16-26(33-36)29(30,31)32)21-9-7-19(3)8-10-21/h7-14,16,18,20,22H,5-6,15,17H2,1-4H3,(H,34,39). The molecule has 0 spiro atoms. The van der Waals surface area contributed by atoms with E-state index in [0.717, 1.165) is 21.3 Å². The van der Waals surface area contributed by atoms with Crippen molar-refractivity contribution in [1.82, 2.24) is 24.5 Å². The van der Waals surface area contributed by atoms with E-state index in [-0.39, 0.29) is 28.9 Å². The first-order valence-corrected chi connectivity index (χ1v) is 16.1. The molecule has 1 saturated heterocycles. The number of amides is 1. The second-order valence-corrected chi connectivity index (χ2v) is 12.9. The topological polar surface area (TPSA) is 152 Å². The van der Waals surface area contributed by atoms with E-state index in [0.29, 0.717) is 24.9 Å². The highest BCUT2D eigenvalue weighted by atomic mass is 32.2. The average molecular weight is 683 g/mol. The number of hydrogen-bond acceptors (Lipinski definition) is 10. The Kier molecular flexibility index (Phi) is 9.33. The molecule has 1 N–H and O–H groups in total. The molecular weight excluding hydrogens is 649 g/mol. The predicted octanol–water partition coefficient (Wildman–Crippen LogP) is 4.25. The Balaban J connectivity index is 1.23. The van der Waals surface area contributed by atoms with Gasteiger partial charge in [-0.25, -0.2) is 22.6 Å². The van der Waals surface area contributed by atoms with Crippen LogP contribution in [-0.2, 0) is 30.5 Å². The fraction of sp³-hybridized carbons (Fsp3) is 0.414. The summed E-state index contributed by atoms with van der Waals surface area (Å²) in [5, 5.41) is 6.28. The van der Waals surface area contributed by atoms with Crippen LogP contribution in [0.1, 0.15) is 44.9 Å². The van der Waals surface area contributed by atoms with Crippen LogP contribution in [0.3, 0.4) is 0 Å². The van der Waals surface area contributed by atoms with E-state index in [9.17, 15) is 31.2 Å². The Morgan fingerprint density at radius 2 is 1.72 bits per heavy atom. The van der Waals surface area contributed by atoms with E-state index in [1.54, 1.807) is 43.1 Å². The number of hydrogen-bond donors (Lipinski definition) is 1. The summed E-state index contributed by atoms with van der Waals surface area (Å²) >= 11 is 0. The molecule has 1 amide bonds. The molecule has 5 rings (SSSR count). The Morgan fingerprint density at radius 3 is 2.36 bits per heavy atom. The fourth-order valence-electron chi connectivity index (χ4n) is 4.78. The number of aromatic nitrogens is 4. The van der Waals surface area contributed by atoms with Gasteiger partial charge in [0.1, 0.15) is 5.02 Å². The third-order valence-electron chi connectivity index (χ3n) is 7.08. The minimum absolute atomic E-state index is 0.0907. The number of carbonyl (C=O) groups excluding carboxylic acids is 2. The summed E-state index contributed by atoms with van der Waals surface area (Å²) in [6.45, 7) is 7.18. The quantitative estimate of drug-likeness (QED) is 0.190. The first kappa shape index (κ1) is 33.5. The van der Waals surface area contributed by atoms with Crippen LogP contribution in [-0.4, -0.2) is 65.7 Å². The van der Waals surface area contributed by atoms with Crippen molar-refractivity contribution in [2.75, 3.05) is 18.1 Å². The van der Waals surface area contributed by atoms with Gasteiger partial charge in [-0.3, -0.25) is 9.80 Å². The molecule has 254 valence electrons. The third-order valence-corrected chi connectivity index (χ3v) is 8.44. The van der Waals surface area contributed by atoms with Gasteiger partial charge in [0.25, 0.3) is 16.3 Å². The number of aryl methyl sites for hydroxylation is 1. The van der Waals surface area contributed by atoms with E-state index < -0.39 is 46.2 Å². The van der Waals surface area contributed by atoms with Crippen molar-refractivity contribution in [3.05, 3.63) is 65.9 Å². The number of carbonyl (C=O) groups is 2. The minimum atomic E-state index is -4.70. The molecule has 2 aromatic carbocycles. The maximum atomic E-state index is 13.6. The SMILES string of the molecule is Cc1ccc(-c2cc(C(F)(F)F)nn2-c2ccc(S(=O)(=O)NC(=O)C3CCCN(n4on4OC(C)OC(=O)OC(C)C)C3)cc2)cc1. The first-order valence-electron chi connectivity index (χ1n) is 14.6. The van der Waals surface area contributed by atoms with Crippen molar-refractivity contribution in [2.24, 2.45) is 5.92 Å². The van der Waals surface area contributed by atoms with E-state index in [4.69, 9.17) is 18.9 Å². The van der Waals surface area contributed by atoms with Crippen molar-refractivity contribution in [3.8, 4) is 16.9 Å². The largest absolute Gasteiger partial charge is 0.511 e. The molecule has 18 heteroatoms. The molecule has 2 aromatic heterocycles. The minimum Gasteiger partial charge on any atom is -0.431 e. The van der Waals surface area contributed by atoms with Gasteiger partial charge in [-0.2, -0.15) is 22.9 Å². The van der Waals surface area contributed by atoms with E-state index in [1.807, 2.05) is 6.92 Å². The number of nitrogens with zero attached hydrogens (tertiary/aromatic N) is 5. The van der Waals surface area contributed by atoms with Crippen LogP contribution in [0.2, 0.25) is 0 Å². The van der Waals surface area contributed by atoms with Crippen LogP contribution in [0, 0.1) is 12.8 Å². The molecular formula is C29H33F3N6O8S. The zero-order valence-corrected chi connectivity index (χ0v) is 26.6. The van der Waals surface area contributed by atoms with Crippen LogP contribution in [0.4, 0.5) is 18.0 Å². The second kappa shape index (κ2) is 13.1. The highest BCUT2D eigenvalue weighted by molar-refractivity contribution is 7.90.